The van der Waals surface area contributed by atoms with Gasteiger partial charge in [0.25, 0.3) is 5.91 Å². The van der Waals surface area contributed by atoms with Gasteiger partial charge in [-0.3, -0.25) is 9.48 Å². The van der Waals surface area contributed by atoms with Gasteiger partial charge in [-0.2, -0.15) is 5.10 Å². The molecule has 1 aliphatic rings. The van der Waals surface area contributed by atoms with E-state index in [-0.39, 0.29) is 5.91 Å². The molecule has 0 unspecified atom stereocenters. The fraction of sp³-hybridized carbons (Fsp3) is 0.471. The van der Waals surface area contributed by atoms with Crippen LogP contribution >= 0.6 is 0 Å². The van der Waals surface area contributed by atoms with Crippen LogP contribution in [0.3, 0.4) is 0 Å². The minimum atomic E-state index is -0.637. The first-order valence-corrected chi connectivity index (χ1v) is 8.16. The molecular weight excluding hydrogens is 322 g/mol. The fourth-order valence-electron chi connectivity index (χ4n) is 2.90. The van der Waals surface area contributed by atoms with Crippen molar-refractivity contribution in [3.8, 4) is 5.88 Å². The summed E-state index contributed by atoms with van der Waals surface area (Å²) in [6, 6.07) is 5.20. The van der Waals surface area contributed by atoms with Crippen molar-refractivity contribution in [3.63, 3.8) is 0 Å². The van der Waals surface area contributed by atoms with Crippen molar-refractivity contribution in [2.75, 3.05) is 34.3 Å². The molecule has 0 bridgehead atoms. The highest BCUT2D eigenvalue weighted by Crippen LogP contribution is 2.20. The number of likely N-dealkylation sites (N-methyl/N-ethyl adjacent to an activating group) is 1. The Hall–Kier alpha value is -2.45. The van der Waals surface area contributed by atoms with Crippen LogP contribution in [-0.2, 0) is 13.1 Å². The summed E-state index contributed by atoms with van der Waals surface area (Å²) in [5.74, 6) is 0.352. The Morgan fingerprint density at radius 1 is 1.40 bits per heavy atom. The molecule has 8 nitrogen and oxygen atoms in total. The molecule has 0 radical (unpaired) electrons. The Bertz CT molecular complexity index is 758. The maximum Gasteiger partial charge on any atom is 0.254 e. The molecule has 1 atom stereocenters. The molecule has 1 aliphatic heterocycles. The number of carbonyl (C=O) groups excluding carboxylic acids is 1. The first-order chi connectivity index (χ1) is 12.0. The van der Waals surface area contributed by atoms with E-state index < -0.39 is 6.10 Å². The van der Waals surface area contributed by atoms with Gasteiger partial charge in [0.2, 0.25) is 5.88 Å². The lowest BCUT2D eigenvalue weighted by Crippen LogP contribution is -2.38. The molecule has 0 aliphatic carbocycles. The van der Waals surface area contributed by atoms with Crippen LogP contribution in [0.2, 0.25) is 0 Å². The van der Waals surface area contributed by atoms with Crippen LogP contribution < -0.4 is 4.74 Å². The van der Waals surface area contributed by atoms with Gasteiger partial charge in [0.05, 0.1) is 31.6 Å². The Labute approximate surface area is 146 Å². The van der Waals surface area contributed by atoms with Crippen LogP contribution in [0.15, 0.2) is 24.4 Å². The van der Waals surface area contributed by atoms with E-state index in [1.807, 2.05) is 29.7 Å². The second-order valence-corrected chi connectivity index (χ2v) is 6.38. The topological polar surface area (TPSA) is 83.7 Å². The Kier molecular flexibility index (Phi) is 5.00. The predicted octanol–water partition coefficient (Wildman–Crippen LogP) is 0.538. The average molecular weight is 345 g/mol. The summed E-state index contributed by atoms with van der Waals surface area (Å²) >= 11 is 0. The quantitative estimate of drug-likeness (QED) is 0.851. The second-order valence-electron chi connectivity index (χ2n) is 6.38. The second kappa shape index (κ2) is 7.20. The van der Waals surface area contributed by atoms with Gasteiger partial charge in [-0.25, -0.2) is 4.98 Å². The number of rotatable bonds is 5. The minimum Gasteiger partial charge on any atom is -0.481 e. The van der Waals surface area contributed by atoms with Gasteiger partial charge in [0.15, 0.2) is 0 Å². The smallest absolute Gasteiger partial charge is 0.254 e. The molecule has 0 saturated heterocycles. The van der Waals surface area contributed by atoms with Crippen molar-refractivity contribution < 1.29 is 14.6 Å². The monoisotopic (exact) mass is 345 g/mol. The van der Waals surface area contributed by atoms with E-state index >= 15 is 0 Å². The summed E-state index contributed by atoms with van der Waals surface area (Å²) in [4.78, 5) is 20.4. The number of aromatic nitrogens is 3. The number of hydrogen-bond donors (Lipinski definition) is 1. The molecule has 0 spiro atoms. The number of methoxy groups -OCH3 is 1. The Morgan fingerprint density at radius 3 is 2.92 bits per heavy atom. The molecule has 25 heavy (non-hydrogen) atoms. The molecule has 8 heteroatoms. The summed E-state index contributed by atoms with van der Waals surface area (Å²) < 4.78 is 6.95. The van der Waals surface area contributed by atoms with Crippen LogP contribution in [0.4, 0.5) is 0 Å². The highest BCUT2D eigenvalue weighted by molar-refractivity contribution is 5.94. The van der Waals surface area contributed by atoms with Gasteiger partial charge in [-0.1, -0.05) is 0 Å². The van der Waals surface area contributed by atoms with Gasteiger partial charge in [-0.15, -0.1) is 0 Å². The van der Waals surface area contributed by atoms with Gasteiger partial charge >= 0.3 is 0 Å². The standard InChI is InChI=1S/C17H23N5O3/c1-20(2)11-15(23)14-9-13-10-21(6-7-22(13)19-14)17(24)12-4-5-18-16(8-12)25-3/h4-5,8-9,15,23H,6-7,10-11H2,1-3H3/t15-/m0/s1. The summed E-state index contributed by atoms with van der Waals surface area (Å²) in [5, 5.41) is 14.7. The Morgan fingerprint density at radius 2 is 2.20 bits per heavy atom. The maximum atomic E-state index is 12.7. The lowest BCUT2D eigenvalue weighted by molar-refractivity contribution is 0.0705. The van der Waals surface area contributed by atoms with E-state index in [1.54, 1.807) is 23.2 Å². The van der Waals surface area contributed by atoms with E-state index in [0.29, 0.717) is 43.3 Å². The van der Waals surface area contributed by atoms with Crippen molar-refractivity contribution in [1.82, 2.24) is 24.6 Å². The number of hydrogen-bond acceptors (Lipinski definition) is 6. The van der Waals surface area contributed by atoms with E-state index in [1.165, 1.54) is 7.11 Å². The van der Waals surface area contributed by atoms with Crippen molar-refractivity contribution in [1.29, 1.82) is 0 Å². The largest absolute Gasteiger partial charge is 0.481 e. The van der Waals surface area contributed by atoms with Gasteiger partial charge in [0.1, 0.15) is 6.10 Å². The first kappa shape index (κ1) is 17.4. The number of fused-ring (bicyclic) bond motifs is 1. The lowest BCUT2D eigenvalue weighted by Gasteiger charge is -2.27. The van der Waals surface area contributed by atoms with Crippen LogP contribution in [-0.4, -0.2) is 69.9 Å². The van der Waals surface area contributed by atoms with E-state index in [9.17, 15) is 9.90 Å². The number of ether oxygens (including phenoxy) is 1. The van der Waals surface area contributed by atoms with E-state index in [2.05, 4.69) is 10.1 Å². The maximum absolute atomic E-state index is 12.7. The third-order valence-corrected chi connectivity index (χ3v) is 4.17. The molecule has 3 rings (SSSR count). The SMILES string of the molecule is COc1cc(C(=O)N2CCn3nc([C@@H](O)CN(C)C)cc3C2)ccn1. The van der Waals surface area contributed by atoms with Gasteiger partial charge in [-0.05, 0) is 26.2 Å². The molecule has 3 heterocycles. The van der Waals surface area contributed by atoms with E-state index in [4.69, 9.17) is 4.74 Å². The third-order valence-electron chi connectivity index (χ3n) is 4.17. The molecule has 2 aromatic rings. The Balaban J connectivity index is 1.74. The van der Waals surface area contributed by atoms with Gasteiger partial charge < -0.3 is 19.6 Å². The molecule has 2 aromatic heterocycles. The predicted molar refractivity (Wildman–Crippen MR) is 91.3 cm³/mol. The molecule has 1 amide bonds. The van der Waals surface area contributed by atoms with Crippen LogP contribution in [0, 0.1) is 0 Å². The molecule has 1 N–H and O–H groups in total. The summed E-state index contributed by atoms with van der Waals surface area (Å²) in [7, 11) is 5.34. The van der Waals surface area contributed by atoms with Crippen molar-refractivity contribution in [3.05, 3.63) is 41.3 Å². The third kappa shape index (κ3) is 3.80. The number of pyridine rings is 1. The minimum absolute atomic E-state index is 0.0662. The van der Waals surface area contributed by atoms with Gasteiger partial charge in [0, 0.05) is 30.9 Å². The zero-order valence-corrected chi connectivity index (χ0v) is 14.7. The average Bonchev–Trinajstić information content (AvgIpc) is 3.04. The van der Waals surface area contributed by atoms with Crippen molar-refractivity contribution in [2.45, 2.75) is 19.2 Å². The molecule has 134 valence electrons. The molecule has 0 fully saturated rings. The molecule has 0 saturated carbocycles. The highest BCUT2D eigenvalue weighted by Gasteiger charge is 2.25. The summed E-state index contributed by atoms with van der Waals surface area (Å²) in [5.41, 5.74) is 2.12. The zero-order chi connectivity index (χ0) is 18.0. The van der Waals surface area contributed by atoms with Crippen LogP contribution in [0.25, 0.3) is 0 Å². The highest BCUT2D eigenvalue weighted by atomic mass is 16.5. The lowest BCUT2D eigenvalue weighted by atomic mass is 10.2. The van der Waals surface area contributed by atoms with Crippen molar-refractivity contribution >= 4 is 5.91 Å². The first-order valence-electron chi connectivity index (χ1n) is 8.16. The number of carbonyl (C=O) groups is 1. The number of amides is 1. The number of aliphatic hydroxyl groups is 1. The summed E-state index contributed by atoms with van der Waals surface area (Å²) in [6.07, 6.45) is 0.928. The van der Waals surface area contributed by atoms with Crippen LogP contribution in [0.5, 0.6) is 5.88 Å². The number of nitrogens with zero attached hydrogens (tertiary/aromatic N) is 5. The fourth-order valence-corrected chi connectivity index (χ4v) is 2.90. The zero-order valence-electron chi connectivity index (χ0n) is 14.7. The van der Waals surface area contributed by atoms with E-state index in [0.717, 1.165) is 5.69 Å². The molecule has 0 aromatic carbocycles. The van der Waals surface area contributed by atoms with Crippen molar-refractivity contribution in [2.24, 2.45) is 0 Å². The number of aliphatic hydroxyl groups excluding tert-OH is 1. The molecular formula is C17H23N5O3. The normalized spacial score (nSPS) is 15.2. The summed E-state index contributed by atoms with van der Waals surface area (Å²) in [6.45, 7) is 2.15. The van der Waals surface area contributed by atoms with Crippen LogP contribution in [0.1, 0.15) is 27.8 Å².